The van der Waals surface area contributed by atoms with Gasteiger partial charge in [-0.05, 0) is 31.1 Å². The summed E-state index contributed by atoms with van der Waals surface area (Å²) < 4.78 is 5.44. The summed E-state index contributed by atoms with van der Waals surface area (Å²) in [6.45, 7) is 8.08. The first-order valence-electron chi connectivity index (χ1n) is 6.87. The fraction of sp³-hybridized carbons (Fsp3) is 0.857. The molecule has 0 bridgehead atoms. The highest BCUT2D eigenvalue weighted by atomic mass is 16.5. The summed E-state index contributed by atoms with van der Waals surface area (Å²) >= 11 is 0. The molecular weight excluding hydrogens is 246 g/mol. The minimum Gasteiger partial charge on any atom is -0.480 e. The molecule has 0 aromatic carbocycles. The quantitative estimate of drug-likeness (QED) is 0.772. The number of nitrogens with one attached hydrogen (secondary N) is 1. The van der Waals surface area contributed by atoms with E-state index in [9.17, 15) is 9.59 Å². The number of amides is 1. The summed E-state index contributed by atoms with van der Waals surface area (Å²) in [6, 6.07) is -0.845. The van der Waals surface area contributed by atoms with Crippen molar-refractivity contribution in [3.63, 3.8) is 0 Å². The average Bonchev–Trinajstić information content (AvgIpc) is 2.21. The molecule has 1 rings (SSSR count). The number of ether oxygens (including phenoxy) is 1. The second-order valence-electron chi connectivity index (χ2n) is 6.32. The van der Waals surface area contributed by atoms with Gasteiger partial charge in [0.15, 0.2) is 0 Å². The molecule has 110 valence electrons. The number of rotatable bonds is 6. The van der Waals surface area contributed by atoms with Crippen LogP contribution in [0.25, 0.3) is 0 Å². The highest BCUT2D eigenvalue weighted by molar-refractivity contribution is 5.84. The molecular formula is C14H25NO4. The van der Waals surface area contributed by atoms with Gasteiger partial charge in [0.1, 0.15) is 6.04 Å². The lowest BCUT2D eigenvalue weighted by Gasteiger charge is -2.35. The van der Waals surface area contributed by atoms with Gasteiger partial charge in [-0.2, -0.15) is 0 Å². The van der Waals surface area contributed by atoms with Gasteiger partial charge in [-0.1, -0.05) is 20.8 Å². The average molecular weight is 271 g/mol. The van der Waals surface area contributed by atoms with Crippen molar-refractivity contribution in [3.8, 4) is 0 Å². The normalized spacial score (nSPS) is 24.4. The molecule has 0 spiro atoms. The Morgan fingerprint density at radius 3 is 2.37 bits per heavy atom. The molecule has 1 fully saturated rings. The molecule has 5 heteroatoms. The molecule has 1 atom stereocenters. The summed E-state index contributed by atoms with van der Waals surface area (Å²) in [5.41, 5.74) is -0.491. The summed E-state index contributed by atoms with van der Waals surface area (Å²) in [6.07, 6.45) is 2.47. The third kappa shape index (κ3) is 4.82. The zero-order valence-electron chi connectivity index (χ0n) is 12.2. The fourth-order valence-corrected chi connectivity index (χ4v) is 2.34. The number of hydrogen-bond donors (Lipinski definition) is 2. The Morgan fingerprint density at radius 1 is 1.37 bits per heavy atom. The minimum atomic E-state index is -0.985. The van der Waals surface area contributed by atoms with Crippen molar-refractivity contribution in [2.45, 2.75) is 59.1 Å². The maximum Gasteiger partial charge on any atom is 0.326 e. The Morgan fingerprint density at radius 2 is 1.95 bits per heavy atom. The lowest BCUT2D eigenvalue weighted by Crippen LogP contribution is -2.50. The summed E-state index contributed by atoms with van der Waals surface area (Å²) in [5.74, 6) is -0.838. The predicted molar refractivity (Wildman–Crippen MR) is 71.8 cm³/mol. The first-order chi connectivity index (χ1) is 8.74. The molecule has 0 radical (unpaired) electrons. The van der Waals surface area contributed by atoms with Crippen molar-refractivity contribution < 1.29 is 19.4 Å². The van der Waals surface area contributed by atoms with E-state index in [0.29, 0.717) is 18.9 Å². The molecule has 2 N–H and O–H groups in total. The second-order valence-corrected chi connectivity index (χ2v) is 6.32. The van der Waals surface area contributed by atoms with Gasteiger partial charge in [-0.15, -0.1) is 0 Å². The number of aliphatic carboxylic acids is 1. The Kier molecular flexibility index (Phi) is 5.35. The Bertz CT molecular complexity index is 329. The van der Waals surface area contributed by atoms with E-state index in [1.807, 2.05) is 6.92 Å². The van der Waals surface area contributed by atoms with E-state index in [-0.39, 0.29) is 12.0 Å². The number of carbonyl (C=O) groups excluding carboxylic acids is 1. The maximum absolute atomic E-state index is 11.9. The topological polar surface area (TPSA) is 75.6 Å². The number of carboxylic acid groups (broad SMARTS) is 1. The van der Waals surface area contributed by atoms with E-state index in [2.05, 4.69) is 5.32 Å². The zero-order chi connectivity index (χ0) is 14.6. The lowest BCUT2D eigenvalue weighted by molar-refractivity contribution is -0.145. The molecule has 1 aliphatic rings. The van der Waals surface area contributed by atoms with Crippen molar-refractivity contribution in [2.24, 2.45) is 11.3 Å². The van der Waals surface area contributed by atoms with E-state index < -0.39 is 17.4 Å². The van der Waals surface area contributed by atoms with Crippen LogP contribution in [0, 0.1) is 11.3 Å². The van der Waals surface area contributed by atoms with Crippen LogP contribution in [0.5, 0.6) is 0 Å². The van der Waals surface area contributed by atoms with Crippen LogP contribution in [0.4, 0.5) is 0 Å². The maximum atomic E-state index is 11.9. The smallest absolute Gasteiger partial charge is 0.326 e. The first kappa shape index (κ1) is 16.0. The molecule has 0 saturated heterocycles. The molecule has 0 unspecified atom stereocenters. The second kappa shape index (κ2) is 6.37. The van der Waals surface area contributed by atoms with E-state index >= 15 is 0 Å². The van der Waals surface area contributed by atoms with Gasteiger partial charge in [0.2, 0.25) is 5.91 Å². The number of carbonyl (C=O) groups is 2. The molecule has 1 amide bonds. The molecule has 1 saturated carbocycles. The summed E-state index contributed by atoms with van der Waals surface area (Å²) in [7, 11) is 0. The fourth-order valence-electron chi connectivity index (χ4n) is 2.34. The largest absolute Gasteiger partial charge is 0.480 e. The molecule has 0 aromatic rings. The van der Waals surface area contributed by atoms with Crippen LogP contribution in [-0.4, -0.2) is 35.7 Å². The minimum absolute atomic E-state index is 0.178. The van der Waals surface area contributed by atoms with Gasteiger partial charge in [-0.3, -0.25) is 4.79 Å². The monoisotopic (exact) mass is 271 g/mol. The first-order valence-corrected chi connectivity index (χ1v) is 6.87. The van der Waals surface area contributed by atoms with Crippen LogP contribution in [0.3, 0.4) is 0 Å². The van der Waals surface area contributed by atoms with Crippen molar-refractivity contribution in [2.75, 3.05) is 6.61 Å². The summed E-state index contributed by atoms with van der Waals surface area (Å²) in [5, 5.41) is 11.8. The standard InChI is InChI=1S/C14H25NO4/c1-5-19-10-6-9(7-10)8-11(16)15-12(13(17)18)14(2,3)4/h9-10,12H,5-8H2,1-4H3,(H,15,16)(H,17,18)/t9?,10?,12-/m0/s1. The van der Waals surface area contributed by atoms with Crippen LogP contribution in [-0.2, 0) is 14.3 Å². The van der Waals surface area contributed by atoms with Gasteiger partial charge in [-0.25, -0.2) is 4.79 Å². The van der Waals surface area contributed by atoms with E-state index in [0.717, 1.165) is 12.8 Å². The molecule has 1 aliphatic carbocycles. The Hall–Kier alpha value is -1.10. The number of hydrogen-bond acceptors (Lipinski definition) is 3. The van der Waals surface area contributed by atoms with E-state index in [1.54, 1.807) is 20.8 Å². The molecule has 0 aromatic heterocycles. The molecule has 19 heavy (non-hydrogen) atoms. The van der Waals surface area contributed by atoms with Crippen molar-refractivity contribution >= 4 is 11.9 Å². The molecule has 0 aliphatic heterocycles. The highest BCUT2D eigenvalue weighted by Gasteiger charge is 2.35. The third-order valence-electron chi connectivity index (χ3n) is 3.49. The van der Waals surface area contributed by atoms with Crippen molar-refractivity contribution in [1.29, 1.82) is 0 Å². The van der Waals surface area contributed by atoms with Gasteiger partial charge < -0.3 is 15.2 Å². The highest BCUT2D eigenvalue weighted by Crippen LogP contribution is 2.32. The third-order valence-corrected chi connectivity index (χ3v) is 3.49. The van der Waals surface area contributed by atoms with Crippen LogP contribution >= 0.6 is 0 Å². The van der Waals surface area contributed by atoms with Crippen LogP contribution in [0.1, 0.15) is 47.0 Å². The van der Waals surface area contributed by atoms with Gasteiger partial charge in [0.25, 0.3) is 0 Å². The van der Waals surface area contributed by atoms with Gasteiger partial charge in [0.05, 0.1) is 6.10 Å². The van der Waals surface area contributed by atoms with Crippen molar-refractivity contribution in [1.82, 2.24) is 5.32 Å². The zero-order valence-corrected chi connectivity index (χ0v) is 12.2. The van der Waals surface area contributed by atoms with E-state index in [4.69, 9.17) is 9.84 Å². The van der Waals surface area contributed by atoms with Gasteiger partial charge in [0, 0.05) is 13.0 Å². The van der Waals surface area contributed by atoms with Crippen LogP contribution < -0.4 is 5.32 Å². The van der Waals surface area contributed by atoms with Crippen LogP contribution in [0.2, 0.25) is 0 Å². The Balaban J connectivity index is 2.37. The SMILES string of the molecule is CCOC1CC(CC(=O)N[C@@H](C(=O)O)C(C)(C)C)C1. The van der Waals surface area contributed by atoms with Gasteiger partial charge >= 0.3 is 5.97 Å². The predicted octanol–water partition coefficient (Wildman–Crippen LogP) is 1.81. The van der Waals surface area contributed by atoms with E-state index in [1.165, 1.54) is 0 Å². The number of carboxylic acids is 1. The van der Waals surface area contributed by atoms with Crippen molar-refractivity contribution in [3.05, 3.63) is 0 Å². The molecule has 0 heterocycles. The Labute approximate surface area is 114 Å². The van der Waals surface area contributed by atoms with Crippen LogP contribution in [0.15, 0.2) is 0 Å². The molecule has 5 nitrogen and oxygen atoms in total. The summed E-state index contributed by atoms with van der Waals surface area (Å²) in [4.78, 5) is 23.0. The lowest BCUT2D eigenvalue weighted by atomic mass is 9.79.